The Morgan fingerprint density at radius 2 is 2.05 bits per heavy atom. The van der Waals surface area contributed by atoms with Gasteiger partial charge in [0.1, 0.15) is 0 Å². The first-order chi connectivity index (χ1) is 9.24. The highest BCUT2D eigenvalue weighted by atomic mass is 15.1. The van der Waals surface area contributed by atoms with Crippen LogP contribution in [0.1, 0.15) is 42.3 Å². The fourth-order valence-corrected chi connectivity index (χ4v) is 2.64. The number of nitrogens with one attached hydrogen (secondary N) is 1. The van der Waals surface area contributed by atoms with Crippen molar-refractivity contribution >= 4 is 0 Å². The fourth-order valence-electron chi connectivity index (χ4n) is 2.64. The van der Waals surface area contributed by atoms with Crippen LogP contribution in [0, 0.1) is 0 Å². The van der Waals surface area contributed by atoms with Crippen molar-refractivity contribution in [1.82, 2.24) is 14.9 Å². The van der Waals surface area contributed by atoms with Crippen molar-refractivity contribution in [3.8, 4) is 0 Å². The molecule has 100 valence electrons. The van der Waals surface area contributed by atoms with E-state index in [0.717, 1.165) is 26.1 Å². The minimum Gasteiger partial charge on any atom is -0.330 e. The second-order valence-electron chi connectivity index (χ2n) is 5.59. The lowest BCUT2D eigenvalue weighted by Crippen LogP contribution is -2.25. The summed E-state index contributed by atoms with van der Waals surface area (Å²) in [5.74, 6) is 0.598. The predicted octanol–water partition coefficient (Wildman–Crippen LogP) is 2.70. The molecule has 0 saturated heterocycles. The molecule has 1 aromatic heterocycles. The zero-order valence-electron chi connectivity index (χ0n) is 11.7. The number of nitrogens with zero attached hydrogens (tertiary/aromatic N) is 2. The molecule has 0 amide bonds. The summed E-state index contributed by atoms with van der Waals surface area (Å²) in [6.45, 7) is 7.36. The molecule has 19 heavy (non-hydrogen) atoms. The average Bonchev–Trinajstić information content (AvgIpc) is 2.83. The number of hydrogen-bond donors (Lipinski definition) is 1. The van der Waals surface area contributed by atoms with E-state index in [1.165, 1.54) is 22.5 Å². The molecule has 3 nitrogen and oxygen atoms in total. The lowest BCUT2D eigenvalue weighted by atomic mass is 10.0. The van der Waals surface area contributed by atoms with E-state index in [1.54, 1.807) is 0 Å². The standard InChI is InChI=1S/C16H21N3/c1-12(2)14-5-3-13(4-6-14)10-19-11-18-15-9-17-8-7-16(15)19/h3-6,11-12,17H,7-10H2,1-2H3. The van der Waals surface area contributed by atoms with Crippen molar-refractivity contribution in [2.24, 2.45) is 0 Å². The molecule has 3 heteroatoms. The van der Waals surface area contributed by atoms with Crippen LogP contribution < -0.4 is 5.32 Å². The van der Waals surface area contributed by atoms with E-state index in [9.17, 15) is 0 Å². The Labute approximate surface area is 114 Å². The number of fused-ring (bicyclic) bond motifs is 1. The SMILES string of the molecule is CC(C)c1ccc(Cn2cnc3c2CCNC3)cc1. The summed E-state index contributed by atoms with van der Waals surface area (Å²) in [7, 11) is 0. The quantitative estimate of drug-likeness (QED) is 0.914. The van der Waals surface area contributed by atoms with Gasteiger partial charge in [-0.15, -0.1) is 0 Å². The van der Waals surface area contributed by atoms with Gasteiger partial charge < -0.3 is 9.88 Å². The van der Waals surface area contributed by atoms with E-state index in [1.807, 2.05) is 6.33 Å². The van der Waals surface area contributed by atoms with Crippen molar-refractivity contribution in [2.75, 3.05) is 6.54 Å². The first kappa shape index (κ1) is 12.4. The van der Waals surface area contributed by atoms with Gasteiger partial charge in [-0.25, -0.2) is 4.98 Å². The van der Waals surface area contributed by atoms with Gasteiger partial charge in [-0.1, -0.05) is 38.1 Å². The van der Waals surface area contributed by atoms with Gasteiger partial charge >= 0.3 is 0 Å². The first-order valence-corrected chi connectivity index (χ1v) is 7.06. The third-order valence-corrected chi connectivity index (χ3v) is 3.86. The third kappa shape index (κ3) is 2.56. The van der Waals surface area contributed by atoms with E-state index in [-0.39, 0.29) is 0 Å². The summed E-state index contributed by atoms with van der Waals surface area (Å²) in [5.41, 5.74) is 5.36. The summed E-state index contributed by atoms with van der Waals surface area (Å²) < 4.78 is 2.29. The highest BCUT2D eigenvalue weighted by Gasteiger charge is 2.14. The predicted molar refractivity (Wildman–Crippen MR) is 77.3 cm³/mol. The zero-order valence-corrected chi connectivity index (χ0v) is 11.7. The van der Waals surface area contributed by atoms with Crippen LogP contribution in [0.15, 0.2) is 30.6 Å². The number of aromatic nitrogens is 2. The van der Waals surface area contributed by atoms with Gasteiger partial charge in [0, 0.05) is 31.7 Å². The second kappa shape index (κ2) is 5.17. The molecule has 1 aliphatic rings. The fraction of sp³-hybridized carbons (Fsp3) is 0.438. The molecule has 0 radical (unpaired) electrons. The lowest BCUT2D eigenvalue weighted by Gasteiger charge is -2.15. The first-order valence-electron chi connectivity index (χ1n) is 7.06. The molecule has 0 atom stereocenters. The van der Waals surface area contributed by atoms with E-state index in [0.29, 0.717) is 5.92 Å². The molecule has 0 fully saturated rings. The maximum absolute atomic E-state index is 4.50. The highest BCUT2D eigenvalue weighted by molar-refractivity contribution is 5.26. The Kier molecular flexibility index (Phi) is 3.38. The Balaban J connectivity index is 1.79. The van der Waals surface area contributed by atoms with Gasteiger partial charge in [-0.3, -0.25) is 0 Å². The van der Waals surface area contributed by atoms with Gasteiger partial charge in [0.2, 0.25) is 0 Å². The van der Waals surface area contributed by atoms with Crippen molar-refractivity contribution in [2.45, 2.75) is 39.3 Å². The molecule has 1 aliphatic heterocycles. The maximum Gasteiger partial charge on any atom is 0.0955 e. The van der Waals surface area contributed by atoms with Crippen LogP contribution in [0.2, 0.25) is 0 Å². The molecule has 0 saturated carbocycles. The smallest absolute Gasteiger partial charge is 0.0955 e. The van der Waals surface area contributed by atoms with Crippen molar-refractivity contribution in [3.63, 3.8) is 0 Å². The van der Waals surface area contributed by atoms with Crippen LogP contribution in [-0.2, 0) is 19.5 Å². The van der Waals surface area contributed by atoms with E-state index in [4.69, 9.17) is 0 Å². The summed E-state index contributed by atoms with van der Waals surface area (Å²) in [6, 6.07) is 8.96. The van der Waals surface area contributed by atoms with Crippen LogP contribution in [-0.4, -0.2) is 16.1 Å². The largest absolute Gasteiger partial charge is 0.330 e. The highest BCUT2D eigenvalue weighted by Crippen LogP contribution is 2.17. The normalized spacial score (nSPS) is 14.7. The minimum absolute atomic E-state index is 0.598. The maximum atomic E-state index is 4.50. The summed E-state index contributed by atoms with van der Waals surface area (Å²) >= 11 is 0. The number of imidazole rings is 1. The van der Waals surface area contributed by atoms with Crippen LogP contribution in [0.25, 0.3) is 0 Å². The molecule has 2 aromatic rings. The molecule has 0 bridgehead atoms. The van der Waals surface area contributed by atoms with Crippen LogP contribution in [0.4, 0.5) is 0 Å². The molecular weight excluding hydrogens is 234 g/mol. The molecule has 2 heterocycles. The Morgan fingerprint density at radius 1 is 1.26 bits per heavy atom. The molecule has 0 aliphatic carbocycles. The van der Waals surface area contributed by atoms with Crippen LogP contribution >= 0.6 is 0 Å². The van der Waals surface area contributed by atoms with E-state index in [2.05, 4.69) is 53.0 Å². The lowest BCUT2D eigenvalue weighted by molar-refractivity contribution is 0.602. The van der Waals surface area contributed by atoms with Crippen LogP contribution in [0.5, 0.6) is 0 Å². The Morgan fingerprint density at radius 3 is 2.79 bits per heavy atom. The second-order valence-corrected chi connectivity index (χ2v) is 5.59. The van der Waals surface area contributed by atoms with Gasteiger partial charge in [-0.05, 0) is 17.0 Å². The monoisotopic (exact) mass is 255 g/mol. The zero-order chi connectivity index (χ0) is 13.2. The minimum atomic E-state index is 0.598. The number of rotatable bonds is 3. The van der Waals surface area contributed by atoms with Gasteiger partial charge in [0.15, 0.2) is 0 Å². The summed E-state index contributed by atoms with van der Waals surface area (Å²) in [6.07, 6.45) is 3.06. The molecule has 0 unspecified atom stereocenters. The van der Waals surface area contributed by atoms with Crippen molar-refractivity contribution in [3.05, 3.63) is 53.1 Å². The van der Waals surface area contributed by atoms with Crippen molar-refractivity contribution < 1.29 is 0 Å². The number of benzene rings is 1. The van der Waals surface area contributed by atoms with Gasteiger partial charge in [0.05, 0.1) is 12.0 Å². The molecule has 3 rings (SSSR count). The van der Waals surface area contributed by atoms with E-state index < -0.39 is 0 Å². The van der Waals surface area contributed by atoms with Gasteiger partial charge in [0.25, 0.3) is 0 Å². The number of hydrogen-bond acceptors (Lipinski definition) is 2. The molecule has 1 N–H and O–H groups in total. The topological polar surface area (TPSA) is 29.9 Å². The van der Waals surface area contributed by atoms with Crippen LogP contribution in [0.3, 0.4) is 0 Å². The average molecular weight is 255 g/mol. The van der Waals surface area contributed by atoms with Crippen molar-refractivity contribution in [1.29, 1.82) is 0 Å². The molecule has 0 spiro atoms. The Hall–Kier alpha value is -1.61. The third-order valence-electron chi connectivity index (χ3n) is 3.86. The van der Waals surface area contributed by atoms with E-state index >= 15 is 0 Å². The summed E-state index contributed by atoms with van der Waals surface area (Å²) in [5, 5.41) is 3.36. The Bertz CT molecular complexity index is 552. The van der Waals surface area contributed by atoms with Gasteiger partial charge in [-0.2, -0.15) is 0 Å². The molecular formula is C16H21N3. The summed E-state index contributed by atoms with van der Waals surface area (Å²) in [4.78, 5) is 4.50. The molecule has 1 aromatic carbocycles.